The predicted octanol–water partition coefficient (Wildman–Crippen LogP) is 2.69. The number of nitrogens with one attached hydrogen (secondary N) is 1. The summed E-state index contributed by atoms with van der Waals surface area (Å²) in [4.78, 5) is 17.4. The summed E-state index contributed by atoms with van der Waals surface area (Å²) in [5.41, 5.74) is 0.763. The largest absolute Gasteiger partial charge is 0.453 e. The van der Waals surface area contributed by atoms with Crippen LogP contribution in [0, 0.1) is 0 Å². The zero-order valence-electron chi connectivity index (χ0n) is 10.5. The van der Waals surface area contributed by atoms with Crippen LogP contribution in [0.3, 0.4) is 0 Å². The fourth-order valence-electron chi connectivity index (χ4n) is 1.89. The maximum absolute atomic E-state index is 11.2. The third-order valence-electron chi connectivity index (χ3n) is 2.82. The summed E-state index contributed by atoms with van der Waals surface area (Å²) in [5, 5.41) is 3.67. The molecular formula is C12H13Cl2N3O2. The van der Waals surface area contributed by atoms with Gasteiger partial charge in [-0.25, -0.2) is 9.79 Å². The Hall–Kier alpha value is -1.46. The highest BCUT2D eigenvalue weighted by Gasteiger charge is 2.28. The number of hydrogen-bond donors (Lipinski definition) is 1. The van der Waals surface area contributed by atoms with E-state index in [4.69, 9.17) is 23.2 Å². The van der Waals surface area contributed by atoms with Gasteiger partial charge in [0, 0.05) is 29.2 Å². The lowest BCUT2D eigenvalue weighted by molar-refractivity contribution is 0.176. The number of carbonyl (C=O) groups excluding carboxylic acids is 1. The van der Waals surface area contributed by atoms with Crippen LogP contribution in [-0.4, -0.2) is 37.7 Å². The Morgan fingerprint density at radius 1 is 1.47 bits per heavy atom. The van der Waals surface area contributed by atoms with Crippen molar-refractivity contribution in [2.45, 2.75) is 6.04 Å². The molecule has 7 heteroatoms. The molecule has 1 heterocycles. The molecule has 1 amide bonds. The van der Waals surface area contributed by atoms with Crippen molar-refractivity contribution in [3.05, 3.63) is 33.8 Å². The highest BCUT2D eigenvalue weighted by atomic mass is 35.5. The summed E-state index contributed by atoms with van der Waals surface area (Å²) in [6.45, 7) is 0.586. The lowest BCUT2D eigenvalue weighted by atomic mass is 10.1. The van der Waals surface area contributed by atoms with E-state index in [9.17, 15) is 4.79 Å². The molecule has 1 atom stereocenters. The predicted molar refractivity (Wildman–Crippen MR) is 74.8 cm³/mol. The quantitative estimate of drug-likeness (QED) is 0.868. The van der Waals surface area contributed by atoms with Crippen LogP contribution in [0.25, 0.3) is 0 Å². The van der Waals surface area contributed by atoms with Gasteiger partial charge >= 0.3 is 6.09 Å². The molecule has 19 heavy (non-hydrogen) atoms. The van der Waals surface area contributed by atoms with Gasteiger partial charge in [-0.3, -0.25) is 5.32 Å². The molecule has 2 rings (SSSR count). The molecule has 0 saturated heterocycles. The molecule has 1 aliphatic heterocycles. The average molecular weight is 302 g/mol. The van der Waals surface area contributed by atoms with E-state index in [0.717, 1.165) is 5.56 Å². The van der Waals surface area contributed by atoms with Gasteiger partial charge in [-0.15, -0.1) is 0 Å². The Morgan fingerprint density at radius 3 is 2.68 bits per heavy atom. The van der Waals surface area contributed by atoms with Gasteiger partial charge in [0.2, 0.25) is 5.96 Å². The lowest BCUT2D eigenvalue weighted by Crippen LogP contribution is -2.39. The maximum atomic E-state index is 11.2. The number of benzene rings is 1. The summed E-state index contributed by atoms with van der Waals surface area (Å²) >= 11 is 12.3. The number of nitrogens with zero attached hydrogens (tertiary/aromatic N) is 2. The molecule has 0 spiro atoms. The monoisotopic (exact) mass is 301 g/mol. The third kappa shape index (κ3) is 2.93. The second kappa shape index (κ2) is 5.67. The number of hydrogen-bond acceptors (Lipinski definition) is 4. The SMILES string of the molecule is COC(=O)NC1=NC(c2c(Cl)cccc2Cl)CN1C. The number of halogens is 2. The molecule has 0 fully saturated rings. The van der Waals surface area contributed by atoms with Crippen molar-refractivity contribution in [3.63, 3.8) is 0 Å². The third-order valence-corrected chi connectivity index (χ3v) is 3.48. The Balaban J connectivity index is 2.26. The van der Waals surface area contributed by atoms with E-state index in [0.29, 0.717) is 22.5 Å². The molecular weight excluding hydrogens is 289 g/mol. The number of likely N-dealkylation sites (N-methyl/N-ethyl adjacent to an activating group) is 1. The first-order valence-electron chi connectivity index (χ1n) is 5.60. The van der Waals surface area contributed by atoms with Crippen molar-refractivity contribution in [1.82, 2.24) is 10.2 Å². The van der Waals surface area contributed by atoms with Crippen LogP contribution in [0.4, 0.5) is 4.79 Å². The molecule has 102 valence electrons. The Kier molecular flexibility index (Phi) is 4.17. The van der Waals surface area contributed by atoms with Crippen LogP contribution in [-0.2, 0) is 4.74 Å². The van der Waals surface area contributed by atoms with Crippen molar-refractivity contribution in [3.8, 4) is 0 Å². The minimum atomic E-state index is -0.559. The van der Waals surface area contributed by atoms with Crippen molar-refractivity contribution < 1.29 is 9.53 Å². The van der Waals surface area contributed by atoms with Gasteiger partial charge in [-0.1, -0.05) is 29.3 Å². The molecule has 0 aliphatic carbocycles. The Morgan fingerprint density at radius 2 is 2.11 bits per heavy atom. The zero-order chi connectivity index (χ0) is 14.0. The van der Waals surface area contributed by atoms with E-state index in [-0.39, 0.29) is 6.04 Å². The van der Waals surface area contributed by atoms with Gasteiger partial charge in [0.25, 0.3) is 0 Å². The highest BCUT2D eigenvalue weighted by molar-refractivity contribution is 6.36. The molecule has 0 saturated carbocycles. The summed E-state index contributed by atoms with van der Waals surface area (Å²) in [6, 6.07) is 5.11. The number of methoxy groups -OCH3 is 1. The van der Waals surface area contributed by atoms with E-state index in [2.05, 4.69) is 15.0 Å². The van der Waals surface area contributed by atoms with Gasteiger partial charge in [-0.05, 0) is 12.1 Å². The Bertz CT molecular complexity index is 513. The Labute approximate surface area is 121 Å². The molecule has 1 N–H and O–H groups in total. The van der Waals surface area contributed by atoms with E-state index in [1.165, 1.54) is 7.11 Å². The van der Waals surface area contributed by atoms with Crippen molar-refractivity contribution in [2.75, 3.05) is 20.7 Å². The molecule has 0 radical (unpaired) electrons. The van der Waals surface area contributed by atoms with Gasteiger partial charge in [0.1, 0.15) is 0 Å². The molecule has 1 aromatic carbocycles. The summed E-state index contributed by atoms with van der Waals surface area (Å²) in [7, 11) is 3.12. The number of ether oxygens (including phenoxy) is 1. The molecule has 5 nitrogen and oxygen atoms in total. The van der Waals surface area contributed by atoms with Crippen LogP contribution in [0.1, 0.15) is 11.6 Å². The van der Waals surface area contributed by atoms with Crippen molar-refractivity contribution in [1.29, 1.82) is 0 Å². The molecule has 0 aromatic heterocycles. The van der Waals surface area contributed by atoms with Crippen LogP contribution < -0.4 is 5.32 Å². The topological polar surface area (TPSA) is 53.9 Å². The molecule has 1 aromatic rings. The smallest absolute Gasteiger partial charge is 0.413 e. The first kappa shape index (κ1) is 14.0. The lowest BCUT2D eigenvalue weighted by Gasteiger charge is -2.15. The van der Waals surface area contributed by atoms with Crippen LogP contribution in [0.15, 0.2) is 23.2 Å². The van der Waals surface area contributed by atoms with Gasteiger partial charge in [-0.2, -0.15) is 0 Å². The van der Waals surface area contributed by atoms with E-state index in [1.54, 1.807) is 23.1 Å². The van der Waals surface area contributed by atoms with E-state index in [1.807, 2.05) is 7.05 Å². The number of guanidine groups is 1. The number of aliphatic imine (C=N–C) groups is 1. The second-order valence-corrected chi connectivity index (χ2v) is 4.92. The number of carbonyl (C=O) groups is 1. The number of alkyl carbamates (subject to hydrolysis) is 1. The first-order chi connectivity index (χ1) is 9.02. The minimum absolute atomic E-state index is 0.210. The minimum Gasteiger partial charge on any atom is -0.453 e. The molecule has 1 aliphatic rings. The first-order valence-corrected chi connectivity index (χ1v) is 6.36. The van der Waals surface area contributed by atoms with Crippen molar-refractivity contribution in [2.24, 2.45) is 4.99 Å². The van der Waals surface area contributed by atoms with Gasteiger partial charge in [0.15, 0.2) is 0 Å². The number of rotatable bonds is 1. The summed E-state index contributed by atoms with van der Waals surface area (Å²) in [6.07, 6.45) is -0.559. The van der Waals surface area contributed by atoms with Gasteiger partial charge in [0.05, 0.1) is 13.2 Å². The van der Waals surface area contributed by atoms with Crippen LogP contribution >= 0.6 is 23.2 Å². The fraction of sp³-hybridized carbons (Fsp3) is 0.333. The van der Waals surface area contributed by atoms with Crippen molar-refractivity contribution >= 4 is 35.3 Å². The average Bonchev–Trinajstić information content (AvgIpc) is 2.70. The molecule has 1 unspecified atom stereocenters. The summed E-state index contributed by atoms with van der Waals surface area (Å²) in [5.74, 6) is 0.438. The standard InChI is InChI=1S/C12H13Cl2N3O2/c1-17-6-9(15-11(17)16-12(18)19-2)10-7(13)4-3-5-8(10)14/h3-5,9H,6H2,1-2H3,(H,15,16,18). The van der Waals surface area contributed by atoms with Crippen LogP contribution in [0.5, 0.6) is 0 Å². The maximum Gasteiger partial charge on any atom is 0.413 e. The van der Waals surface area contributed by atoms with E-state index >= 15 is 0 Å². The molecule has 0 bridgehead atoms. The van der Waals surface area contributed by atoms with Gasteiger partial charge < -0.3 is 9.64 Å². The van der Waals surface area contributed by atoms with Crippen LogP contribution in [0.2, 0.25) is 10.0 Å². The fourth-order valence-corrected chi connectivity index (χ4v) is 2.54. The normalized spacial score (nSPS) is 18.2. The van der Waals surface area contributed by atoms with E-state index < -0.39 is 6.09 Å². The number of amides is 1. The summed E-state index contributed by atoms with van der Waals surface area (Å²) < 4.78 is 4.54. The zero-order valence-corrected chi connectivity index (χ0v) is 12.0. The second-order valence-electron chi connectivity index (χ2n) is 4.10. The highest BCUT2D eigenvalue weighted by Crippen LogP contribution is 2.34.